The maximum atomic E-state index is 11.4. The summed E-state index contributed by atoms with van der Waals surface area (Å²) in [6.45, 7) is 8.86. The Balaban J connectivity index is 3.14. The van der Waals surface area contributed by atoms with Gasteiger partial charge in [0.2, 0.25) is 0 Å². The highest BCUT2D eigenvalue weighted by molar-refractivity contribution is 5.78. The van der Waals surface area contributed by atoms with Crippen molar-refractivity contribution in [2.75, 3.05) is 11.4 Å². The number of carbonyl (C=O) groups is 1. The molecule has 1 unspecified atom stereocenters. The number of benzene rings is 1. The minimum absolute atomic E-state index is 0.439. The van der Waals surface area contributed by atoms with Crippen molar-refractivity contribution in [1.82, 2.24) is 0 Å². The van der Waals surface area contributed by atoms with Crippen LogP contribution in [0.5, 0.6) is 0 Å². The number of aliphatic carboxylic acids is 1. The Kier molecular flexibility index (Phi) is 5.20. The molecular formula is C15H23NO2. The molecule has 0 fully saturated rings. The molecule has 0 aliphatic rings. The van der Waals surface area contributed by atoms with Crippen LogP contribution in [0.3, 0.4) is 0 Å². The van der Waals surface area contributed by atoms with Gasteiger partial charge in [0.1, 0.15) is 6.04 Å². The highest BCUT2D eigenvalue weighted by atomic mass is 16.4. The lowest BCUT2D eigenvalue weighted by Gasteiger charge is -2.31. The van der Waals surface area contributed by atoms with Gasteiger partial charge in [-0.1, -0.05) is 31.5 Å². The van der Waals surface area contributed by atoms with Gasteiger partial charge >= 0.3 is 5.97 Å². The molecule has 0 aliphatic carbocycles. The van der Waals surface area contributed by atoms with Gasteiger partial charge < -0.3 is 10.0 Å². The van der Waals surface area contributed by atoms with Gasteiger partial charge in [-0.2, -0.15) is 0 Å². The molecule has 0 saturated heterocycles. The Hall–Kier alpha value is -1.51. The van der Waals surface area contributed by atoms with Crippen molar-refractivity contribution in [3.05, 3.63) is 29.3 Å². The molecule has 1 atom stereocenters. The van der Waals surface area contributed by atoms with Gasteiger partial charge in [0.25, 0.3) is 0 Å². The molecule has 1 rings (SSSR count). The number of nitrogens with zero attached hydrogens (tertiary/aromatic N) is 1. The number of hydrogen-bond acceptors (Lipinski definition) is 2. The quantitative estimate of drug-likeness (QED) is 0.840. The Morgan fingerprint density at radius 3 is 2.44 bits per heavy atom. The van der Waals surface area contributed by atoms with Crippen LogP contribution in [-0.2, 0) is 4.79 Å². The molecule has 0 heterocycles. The zero-order valence-corrected chi connectivity index (χ0v) is 11.7. The van der Waals surface area contributed by atoms with Gasteiger partial charge in [-0.3, -0.25) is 0 Å². The number of rotatable bonds is 6. The normalized spacial score (nSPS) is 12.2. The van der Waals surface area contributed by atoms with Crippen LogP contribution in [0.25, 0.3) is 0 Å². The van der Waals surface area contributed by atoms with E-state index < -0.39 is 12.0 Å². The lowest BCUT2D eigenvalue weighted by atomic mass is 10.1. The lowest BCUT2D eigenvalue weighted by Crippen LogP contribution is -2.41. The van der Waals surface area contributed by atoms with Crippen molar-refractivity contribution in [3.63, 3.8) is 0 Å². The fraction of sp³-hybridized carbons (Fsp3) is 0.533. The topological polar surface area (TPSA) is 40.5 Å². The first-order valence-corrected chi connectivity index (χ1v) is 6.57. The van der Waals surface area contributed by atoms with E-state index in [0.29, 0.717) is 6.42 Å². The van der Waals surface area contributed by atoms with Crippen molar-refractivity contribution in [1.29, 1.82) is 0 Å². The van der Waals surface area contributed by atoms with Crippen LogP contribution in [0.15, 0.2) is 18.2 Å². The summed E-state index contributed by atoms with van der Waals surface area (Å²) in [4.78, 5) is 13.4. The molecule has 1 aromatic carbocycles. The van der Waals surface area contributed by atoms with Crippen LogP contribution in [0.4, 0.5) is 5.69 Å². The Bertz CT molecular complexity index is 415. The van der Waals surface area contributed by atoms with Crippen molar-refractivity contribution in [2.24, 2.45) is 0 Å². The molecule has 0 radical (unpaired) electrons. The second kappa shape index (κ2) is 6.43. The number of carboxylic acid groups (broad SMARTS) is 1. The SMILES string of the molecule is CCCN(c1ccc(C)cc1C)C(CC)C(=O)O. The van der Waals surface area contributed by atoms with Crippen LogP contribution in [0.2, 0.25) is 0 Å². The molecule has 0 amide bonds. The van der Waals surface area contributed by atoms with E-state index in [-0.39, 0.29) is 0 Å². The Morgan fingerprint density at radius 1 is 1.33 bits per heavy atom. The number of aryl methyl sites for hydroxylation is 2. The second-order valence-corrected chi connectivity index (χ2v) is 4.75. The summed E-state index contributed by atoms with van der Waals surface area (Å²) in [7, 11) is 0. The van der Waals surface area contributed by atoms with Gasteiger partial charge in [0, 0.05) is 12.2 Å². The monoisotopic (exact) mass is 249 g/mol. The number of hydrogen-bond donors (Lipinski definition) is 1. The average Bonchev–Trinajstić information content (AvgIpc) is 2.28. The summed E-state index contributed by atoms with van der Waals surface area (Å²) in [5.41, 5.74) is 3.39. The summed E-state index contributed by atoms with van der Waals surface area (Å²) >= 11 is 0. The molecule has 18 heavy (non-hydrogen) atoms. The largest absolute Gasteiger partial charge is 0.480 e. The number of anilines is 1. The summed E-state index contributed by atoms with van der Waals surface area (Å²) in [6, 6.07) is 5.74. The van der Waals surface area contributed by atoms with Crippen molar-refractivity contribution < 1.29 is 9.90 Å². The number of carboxylic acids is 1. The maximum absolute atomic E-state index is 11.4. The lowest BCUT2D eigenvalue weighted by molar-refractivity contribution is -0.138. The zero-order chi connectivity index (χ0) is 13.7. The third-order valence-corrected chi connectivity index (χ3v) is 3.17. The summed E-state index contributed by atoms with van der Waals surface area (Å²) in [5, 5.41) is 9.34. The maximum Gasteiger partial charge on any atom is 0.326 e. The van der Waals surface area contributed by atoms with Crippen molar-refractivity contribution in [3.8, 4) is 0 Å². The molecule has 1 N–H and O–H groups in total. The van der Waals surface area contributed by atoms with Crippen LogP contribution in [0.1, 0.15) is 37.8 Å². The minimum Gasteiger partial charge on any atom is -0.480 e. The molecule has 3 nitrogen and oxygen atoms in total. The predicted octanol–water partition coefficient (Wildman–Crippen LogP) is 3.38. The third kappa shape index (κ3) is 3.25. The van der Waals surface area contributed by atoms with Gasteiger partial charge in [0.05, 0.1) is 0 Å². The van der Waals surface area contributed by atoms with Crippen molar-refractivity contribution >= 4 is 11.7 Å². The standard InChI is InChI=1S/C15H23NO2/c1-5-9-16(13(6-2)15(17)18)14-8-7-11(3)10-12(14)4/h7-8,10,13H,5-6,9H2,1-4H3,(H,17,18). The van der Waals surface area contributed by atoms with Crippen LogP contribution >= 0.6 is 0 Å². The predicted molar refractivity (Wildman–Crippen MR) is 75.3 cm³/mol. The zero-order valence-electron chi connectivity index (χ0n) is 11.7. The van der Waals surface area contributed by atoms with E-state index in [0.717, 1.165) is 24.2 Å². The molecule has 0 aromatic heterocycles. The second-order valence-electron chi connectivity index (χ2n) is 4.75. The molecular weight excluding hydrogens is 226 g/mol. The highest BCUT2D eigenvalue weighted by Crippen LogP contribution is 2.24. The van der Waals surface area contributed by atoms with E-state index in [2.05, 4.69) is 19.9 Å². The van der Waals surface area contributed by atoms with E-state index in [9.17, 15) is 9.90 Å². The molecule has 1 aromatic rings. The molecule has 0 saturated carbocycles. The fourth-order valence-corrected chi connectivity index (χ4v) is 2.34. The van der Waals surface area contributed by atoms with Gasteiger partial charge in [0.15, 0.2) is 0 Å². The van der Waals surface area contributed by atoms with Crippen LogP contribution in [0, 0.1) is 13.8 Å². The molecule has 3 heteroatoms. The van der Waals surface area contributed by atoms with Crippen molar-refractivity contribution in [2.45, 2.75) is 46.6 Å². The highest BCUT2D eigenvalue weighted by Gasteiger charge is 2.24. The Labute approximate surface area is 109 Å². The fourth-order valence-electron chi connectivity index (χ4n) is 2.34. The van der Waals surface area contributed by atoms with E-state index in [1.54, 1.807) is 0 Å². The van der Waals surface area contributed by atoms with E-state index in [1.807, 2.05) is 30.9 Å². The van der Waals surface area contributed by atoms with Gasteiger partial charge in [-0.15, -0.1) is 0 Å². The smallest absolute Gasteiger partial charge is 0.326 e. The van der Waals surface area contributed by atoms with Crippen LogP contribution in [-0.4, -0.2) is 23.7 Å². The molecule has 0 bridgehead atoms. The third-order valence-electron chi connectivity index (χ3n) is 3.17. The summed E-state index contributed by atoms with van der Waals surface area (Å²) in [6.07, 6.45) is 1.56. The summed E-state index contributed by atoms with van der Waals surface area (Å²) in [5.74, 6) is -0.745. The molecule has 100 valence electrons. The van der Waals surface area contributed by atoms with E-state index in [1.165, 1.54) is 5.56 Å². The first-order valence-electron chi connectivity index (χ1n) is 6.57. The Morgan fingerprint density at radius 2 is 2.00 bits per heavy atom. The first-order chi connectivity index (χ1) is 8.51. The van der Waals surface area contributed by atoms with Gasteiger partial charge in [-0.05, 0) is 38.3 Å². The van der Waals surface area contributed by atoms with Crippen LogP contribution < -0.4 is 4.90 Å². The minimum atomic E-state index is -0.745. The summed E-state index contributed by atoms with van der Waals surface area (Å²) < 4.78 is 0. The van der Waals surface area contributed by atoms with E-state index in [4.69, 9.17) is 0 Å². The molecule has 0 spiro atoms. The average molecular weight is 249 g/mol. The first kappa shape index (κ1) is 14.6. The molecule has 0 aliphatic heterocycles. The van der Waals surface area contributed by atoms with Gasteiger partial charge in [-0.25, -0.2) is 4.79 Å². The van der Waals surface area contributed by atoms with E-state index >= 15 is 0 Å².